The van der Waals surface area contributed by atoms with E-state index in [1.54, 1.807) is 10.6 Å². The van der Waals surface area contributed by atoms with Crippen LogP contribution in [0.25, 0.3) is 10.9 Å². The highest BCUT2D eigenvalue weighted by Crippen LogP contribution is 2.40. The fraction of sp³-hybridized carbons (Fsp3) is 0.167. The molecular weight excluding hydrogens is 466 g/mol. The van der Waals surface area contributed by atoms with E-state index in [0.717, 1.165) is 14.5 Å². The summed E-state index contributed by atoms with van der Waals surface area (Å²) in [5.74, 6) is -0.0261. The number of carbonyl (C=O) groups is 1. The van der Waals surface area contributed by atoms with Gasteiger partial charge in [-0.05, 0) is 53.2 Å². The van der Waals surface area contributed by atoms with E-state index in [1.807, 2.05) is 43.3 Å². The van der Waals surface area contributed by atoms with Crippen LogP contribution in [0.4, 0.5) is 5.69 Å². The summed E-state index contributed by atoms with van der Waals surface area (Å²) in [5, 5.41) is 18.8. The molecule has 1 aromatic heterocycles. The van der Waals surface area contributed by atoms with Crippen LogP contribution in [0.3, 0.4) is 0 Å². The van der Waals surface area contributed by atoms with E-state index in [2.05, 4.69) is 42.1 Å². The molecule has 0 bridgehead atoms. The summed E-state index contributed by atoms with van der Waals surface area (Å²) >= 11 is 6.75. The molecule has 0 aliphatic heterocycles. The number of azo groups is 1. The Bertz CT molecular complexity index is 999. The number of para-hydroxylation sites is 1. The van der Waals surface area contributed by atoms with Gasteiger partial charge in [0.2, 0.25) is 5.88 Å². The van der Waals surface area contributed by atoms with Gasteiger partial charge in [-0.1, -0.05) is 28.1 Å². The Kier molecular flexibility index (Phi) is 5.73. The van der Waals surface area contributed by atoms with Crippen molar-refractivity contribution in [3.8, 4) is 11.6 Å². The minimum absolute atomic E-state index is 0.0242. The molecule has 134 valence electrons. The van der Waals surface area contributed by atoms with Crippen LogP contribution in [0.15, 0.2) is 61.6 Å². The molecule has 1 N–H and O–H groups in total. The van der Waals surface area contributed by atoms with E-state index in [1.165, 1.54) is 0 Å². The van der Waals surface area contributed by atoms with E-state index in [9.17, 15) is 9.90 Å². The normalized spacial score (nSPS) is 11.3. The smallest absolute Gasteiger partial charge is 0.302 e. The first kappa shape index (κ1) is 18.6. The zero-order valence-electron chi connectivity index (χ0n) is 13.8. The van der Waals surface area contributed by atoms with Crippen molar-refractivity contribution in [2.24, 2.45) is 10.2 Å². The fourth-order valence-electron chi connectivity index (χ4n) is 2.55. The minimum Gasteiger partial charge on any atom is -0.493 e. The number of hydrogen-bond donors (Lipinski definition) is 1. The first-order chi connectivity index (χ1) is 12.5. The lowest BCUT2D eigenvalue weighted by atomic mass is 10.2. The molecule has 3 rings (SSSR count). The predicted octanol–water partition coefficient (Wildman–Crippen LogP) is 5.58. The maximum atomic E-state index is 12.0. The minimum atomic E-state index is -0.549. The summed E-state index contributed by atoms with van der Waals surface area (Å²) in [6.07, 6.45) is 0. The largest absolute Gasteiger partial charge is 0.493 e. The number of ether oxygens (including phenoxy) is 1. The maximum absolute atomic E-state index is 12.0. The third-order valence-electron chi connectivity index (χ3n) is 3.74. The van der Waals surface area contributed by atoms with Crippen molar-refractivity contribution in [3.05, 3.63) is 51.4 Å². The van der Waals surface area contributed by atoms with Crippen LogP contribution in [-0.4, -0.2) is 22.2 Å². The van der Waals surface area contributed by atoms with Crippen molar-refractivity contribution in [2.45, 2.75) is 13.5 Å². The van der Waals surface area contributed by atoms with Crippen molar-refractivity contribution in [1.29, 1.82) is 0 Å². The van der Waals surface area contributed by atoms with Crippen molar-refractivity contribution >= 4 is 54.4 Å². The number of aryl methyl sites for hydroxylation is 1. The molecule has 6 nitrogen and oxygen atoms in total. The Morgan fingerprint density at radius 2 is 2.00 bits per heavy atom. The van der Waals surface area contributed by atoms with Gasteiger partial charge < -0.3 is 14.4 Å². The average molecular weight is 481 g/mol. The van der Waals surface area contributed by atoms with Crippen LogP contribution in [0.2, 0.25) is 0 Å². The molecule has 0 radical (unpaired) electrons. The van der Waals surface area contributed by atoms with E-state index in [0.29, 0.717) is 17.7 Å². The van der Waals surface area contributed by atoms with Crippen LogP contribution in [0.5, 0.6) is 11.6 Å². The van der Waals surface area contributed by atoms with E-state index in [-0.39, 0.29) is 18.2 Å². The number of aromatic nitrogens is 1. The van der Waals surface area contributed by atoms with E-state index in [4.69, 9.17) is 4.74 Å². The Morgan fingerprint density at radius 3 is 2.73 bits per heavy atom. The number of halogens is 2. The molecule has 2 aromatic carbocycles. The molecule has 1 amide bonds. The SMILES string of the molecule is CCn1c(O)c(N=NC(=O)COc2ccccc2Br)c2cc(Br)ccc21. The number of nitrogens with zero attached hydrogens (tertiary/aromatic N) is 3. The summed E-state index contributed by atoms with van der Waals surface area (Å²) < 4.78 is 8.73. The zero-order chi connectivity index (χ0) is 18.7. The maximum Gasteiger partial charge on any atom is 0.302 e. The van der Waals surface area contributed by atoms with Gasteiger partial charge in [0.25, 0.3) is 0 Å². The molecule has 0 fully saturated rings. The second kappa shape index (κ2) is 8.01. The van der Waals surface area contributed by atoms with E-state index < -0.39 is 5.91 Å². The van der Waals surface area contributed by atoms with Crippen LogP contribution in [0, 0.1) is 0 Å². The van der Waals surface area contributed by atoms with Crippen LogP contribution in [-0.2, 0) is 11.3 Å². The Labute approximate surface area is 166 Å². The van der Waals surface area contributed by atoms with Gasteiger partial charge in [-0.2, -0.15) is 0 Å². The molecule has 0 aliphatic rings. The van der Waals surface area contributed by atoms with Crippen LogP contribution >= 0.6 is 31.9 Å². The quantitative estimate of drug-likeness (QED) is 0.484. The number of amides is 1. The molecule has 3 aromatic rings. The lowest BCUT2D eigenvalue weighted by Gasteiger charge is -2.04. The molecule has 1 heterocycles. The van der Waals surface area contributed by atoms with Crippen LogP contribution in [0.1, 0.15) is 6.92 Å². The van der Waals surface area contributed by atoms with Crippen molar-refractivity contribution in [1.82, 2.24) is 4.57 Å². The molecule has 8 heteroatoms. The number of aromatic hydroxyl groups is 1. The molecule has 0 spiro atoms. The molecule has 0 saturated carbocycles. The van der Waals surface area contributed by atoms with Gasteiger partial charge in [0.1, 0.15) is 5.75 Å². The number of hydrogen-bond acceptors (Lipinski definition) is 4. The van der Waals surface area contributed by atoms with Gasteiger partial charge in [0, 0.05) is 16.4 Å². The highest BCUT2D eigenvalue weighted by atomic mass is 79.9. The van der Waals surface area contributed by atoms with E-state index >= 15 is 0 Å². The molecule has 0 saturated heterocycles. The average Bonchev–Trinajstić information content (AvgIpc) is 2.89. The summed E-state index contributed by atoms with van der Waals surface area (Å²) in [4.78, 5) is 12.0. The van der Waals surface area contributed by atoms with Gasteiger partial charge >= 0.3 is 5.91 Å². The zero-order valence-corrected chi connectivity index (χ0v) is 17.0. The topological polar surface area (TPSA) is 76.2 Å². The summed E-state index contributed by atoms with van der Waals surface area (Å²) in [6.45, 7) is 2.24. The van der Waals surface area contributed by atoms with Gasteiger partial charge in [-0.25, -0.2) is 0 Å². The summed E-state index contributed by atoms with van der Waals surface area (Å²) in [7, 11) is 0. The Morgan fingerprint density at radius 1 is 1.23 bits per heavy atom. The molecule has 0 atom stereocenters. The highest BCUT2D eigenvalue weighted by Gasteiger charge is 2.16. The van der Waals surface area contributed by atoms with Gasteiger partial charge in [0.15, 0.2) is 12.3 Å². The molecule has 0 unspecified atom stereocenters. The second-order valence-corrected chi connectivity index (χ2v) is 7.16. The van der Waals surface area contributed by atoms with Crippen molar-refractivity contribution in [2.75, 3.05) is 6.61 Å². The van der Waals surface area contributed by atoms with Crippen molar-refractivity contribution in [3.63, 3.8) is 0 Å². The summed E-state index contributed by atoms with van der Waals surface area (Å²) in [6, 6.07) is 12.8. The lowest BCUT2D eigenvalue weighted by molar-refractivity contribution is -0.120. The number of fused-ring (bicyclic) bond motifs is 1. The van der Waals surface area contributed by atoms with Gasteiger partial charge in [-0.15, -0.1) is 10.2 Å². The monoisotopic (exact) mass is 479 g/mol. The number of carbonyl (C=O) groups excluding carboxylic acids is 1. The van der Waals surface area contributed by atoms with Crippen LogP contribution < -0.4 is 4.74 Å². The Hall–Kier alpha value is -2.19. The third-order valence-corrected chi connectivity index (χ3v) is 4.89. The van der Waals surface area contributed by atoms with Gasteiger partial charge in [-0.3, -0.25) is 4.79 Å². The molecule has 26 heavy (non-hydrogen) atoms. The molecular formula is C18H15Br2N3O3. The first-order valence-electron chi connectivity index (χ1n) is 7.84. The standard InChI is InChI=1S/C18H15Br2N3O3/c1-2-23-14-8-7-11(19)9-12(14)17(18(23)25)22-21-16(24)10-26-15-6-4-3-5-13(15)20/h3-9,25H,2,10H2,1H3. The second-order valence-electron chi connectivity index (χ2n) is 5.39. The highest BCUT2D eigenvalue weighted by molar-refractivity contribution is 9.10. The van der Waals surface area contributed by atoms with Gasteiger partial charge in [0.05, 0.1) is 9.99 Å². The third kappa shape index (κ3) is 3.81. The summed E-state index contributed by atoms with van der Waals surface area (Å²) in [5.41, 5.74) is 1.08. The van der Waals surface area contributed by atoms with Crippen molar-refractivity contribution < 1.29 is 14.6 Å². The predicted molar refractivity (Wildman–Crippen MR) is 106 cm³/mol. The number of benzene rings is 2. The fourth-order valence-corrected chi connectivity index (χ4v) is 3.31. The molecule has 0 aliphatic carbocycles. The number of rotatable bonds is 5. The lowest BCUT2D eigenvalue weighted by Crippen LogP contribution is -2.08. The first-order valence-corrected chi connectivity index (χ1v) is 9.42. The Balaban J connectivity index is 1.82.